The monoisotopic (exact) mass is 530 g/mol. The van der Waals surface area contributed by atoms with E-state index in [9.17, 15) is 8.42 Å². The van der Waals surface area contributed by atoms with E-state index in [1.54, 1.807) is 36.4 Å². The third kappa shape index (κ3) is 3.15. The van der Waals surface area contributed by atoms with Crippen LogP contribution in [0.25, 0.3) is 0 Å². The van der Waals surface area contributed by atoms with Crippen LogP contribution in [-0.4, -0.2) is 8.42 Å². The fourth-order valence-corrected chi connectivity index (χ4v) is 6.19. The molecule has 2 aromatic rings. The second-order valence-electron chi connectivity index (χ2n) is 3.63. The van der Waals surface area contributed by atoms with Crippen molar-refractivity contribution >= 4 is 73.6 Å². The van der Waals surface area contributed by atoms with Gasteiger partial charge in [-0.3, -0.25) is 0 Å². The molecule has 0 aliphatic rings. The minimum atomic E-state index is -3.60. The molecule has 0 N–H and O–H groups in total. The van der Waals surface area contributed by atoms with Gasteiger partial charge in [0.05, 0.1) is 9.37 Å². The van der Waals surface area contributed by atoms with Crippen molar-refractivity contribution in [1.82, 2.24) is 0 Å². The zero-order valence-corrected chi connectivity index (χ0v) is 16.4. The maximum atomic E-state index is 12.7. The second-order valence-corrected chi connectivity index (χ2v) is 8.94. The Bertz CT molecular complexity index is 741. The summed E-state index contributed by atoms with van der Waals surface area (Å²) in [7, 11) is -3.60. The average Bonchev–Trinajstić information content (AvgIpc) is 2.34. The minimum absolute atomic E-state index is 0.208. The Balaban J connectivity index is 2.74. The predicted molar refractivity (Wildman–Crippen MR) is 89.1 cm³/mol. The van der Waals surface area contributed by atoms with Crippen molar-refractivity contribution in [2.45, 2.75) is 9.79 Å². The second kappa shape index (κ2) is 5.97. The molecule has 2 rings (SSSR count). The van der Waals surface area contributed by atoms with Crippen LogP contribution in [0.3, 0.4) is 0 Å². The zero-order valence-electron chi connectivity index (χ0n) is 9.20. The highest BCUT2D eigenvalue weighted by Gasteiger charge is 2.25. The molecular weight excluding hydrogens is 528 g/mol. The average molecular weight is 534 g/mol. The van der Waals surface area contributed by atoms with Gasteiger partial charge in [-0.15, -0.1) is 0 Å². The Kier molecular flexibility index (Phi) is 4.93. The van der Waals surface area contributed by atoms with Crippen LogP contribution in [-0.2, 0) is 9.84 Å². The molecule has 0 aliphatic carbocycles. The summed E-state index contributed by atoms with van der Waals surface area (Å²) in [6, 6.07) is 10.1. The highest BCUT2D eigenvalue weighted by molar-refractivity contribution is 9.13. The molecule has 0 amide bonds. The van der Waals surface area contributed by atoms with E-state index in [2.05, 4.69) is 63.7 Å². The number of hydrogen-bond acceptors (Lipinski definition) is 2. The van der Waals surface area contributed by atoms with Crippen molar-refractivity contribution in [1.29, 1.82) is 0 Å². The third-order valence-electron chi connectivity index (χ3n) is 2.38. The largest absolute Gasteiger partial charge is 0.218 e. The Labute approximate surface area is 145 Å². The van der Waals surface area contributed by atoms with Gasteiger partial charge in [-0.2, -0.15) is 0 Å². The van der Waals surface area contributed by atoms with Crippen LogP contribution < -0.4 is 0 Å². The number of hydrogen-bond donors (Lipinski definition) is 0. The Morgan fingerprint density at radius 1 is 0.842 bits per heavy atom. The topological polar surface area (TPSA) is 34.1 Å². The van der Waals surface area contributed by atoms with Crippen LogP contribution >= 0.6 is 63.7 Å². The minimum Gasteiger partial charge on any atom is -0.218 e. The summed E-state index contributed by atoms with van der Waals surface area (Å²) >= 11 is 13.2. The molecule has 0 bridgehead atoms. The van der Waals surface area contributed by atoms with E-state index in [1.165, 1.54) is 0 Å². The fraction of sp³-hybridized carbons (Fsp3) is 0. The van der Waals surface area contributed by atoms with Crippen molar-refractivity contribution < 1.29 is 8.42 Å². The first-order chi connectivity index (χ1) is 8.84. The quantitative estimate of drug-likeness (QED) is 0.473. The molecule has 0 spiro atoms. The zero-order chi connectivity index (χ0) is 14.2. The number of sulfone groups is 1. The number of rotatable bonds is 2. The fourth-order valence-electron chi connectivity index (χ4n) is 1.51. The summed E-state index contributed by atoms with van der Waals surface area (Å²) in [4.78, 5) is 0.446. The van der Waals surface area contributed by atoms with Gasteiger partial charge in [0.1, 0.15) is 4.90 Å². The smallest absolute Gasteiger partial charge is 0.208 e. The lowest BCUT2D eigenvalue weighted by atomic mass is 10.4. The molecule has 0 saturated heterocycles. The summed E-state index contributed by atoms with van der Waals surface area (Å²) in [6.45, 7) is 0. The van der Waals surface area contributed by atoms with Gasteiger partial charge in [0.15, 0.2) is 0 Å². The number of halogens is 4. The molecule has 2 nitrogen and oxygen atoms in total. The Hall–Kier alpha value is 0.310. The normalized spacial score (nSPS) is 11.6. The predicted octanol–water partition coefficient (Wildman–Crippen LogP) is 5.57. The van der Waals surface area contributed by atoms with E-state index in [0.717, 1.165) is 4.47 Å². The molecule has 2 aromatic carbocycles. The first-order valence-electron chi connectivity index (χ1n) is 4.98. The van der Waals surface area contributed by atoms with Crippen molar-refractivity contribution in [2.75, 3.05) is 0 Å². The van der Waals surface area contributed by atoms with Crippen LogP contribution in [0.1, 0.15) is 0 Å². The van der Waals surface area contributed by atoms with Crippen LogP contribution in [0, 0.1) is 0 Å². The van der Waals surface area contributed by atoms with Crippen molar-refractivity contribution in [3.05, 3.63) is 54.3 Å². The molecule has 19 heavy (non-hydrogen) atoms. The molecule has 0 radical (unpaired) electrons. The molecule has 100 valence electrons. The lowest BCUT2D eigenvalue weighted by Gasteiger charge is -2.10. The maximum Gasteiger partial charge on any atom is 0.208 e. The highest BCUT2D eigenvalue weighted by Crippen LogP contribution is 2.38. The summed E-state index contributed by atoms with van der Waals surface area (Å²) in [5.41, 5.74) is 0. The molecule has 0 aromatic heterocycles. The lowest BCUT2D eigenvalue weighted by molar-refractivity contribution is 0.595. The van der Waals surface area contributed by atoms with Crippen LogP contribution in [0.4, 0.5) is 0 Å². The van der Waals surface area contributed by atoms with Gasteiger partial charge in [0.25, 0.3) is 0 Å². The standard InChI is InChI=1S/C12H6Br4O2S/c13-7-2-1-3-8(6-7)19(17,18)12-10(15)5-4-9(14)11(12)16/h1-6H. The van der Waals surface area contributed by atoms with E-state index < -0.39 is 9.84 Å². The van der Waals surface area contributed by atoms with Crippen molar-refractivity contribution in [3.63, 3.8) is 0 Å². The third-order valence-corrected chi connectivity index (χ3v) is 7.91. The van der Waals surface area contributed by atoms with Gasteiger partial charge in [-0.1, -0.05) is 22.0 Å². The molecular formula is C12H6Br4O2S. The van der Waals surface area contributed by atoms with Crippen LogP contribution in [0.5, 0.6) is 0 Å². The lowest BCUT2D eigenvalue weighted by Crippen LogP contribution is -2.04. The van der Waals surface area contributed by atoms with Crippen molar-refractivity contribution in [2.24, 2.45) is 0 Å². The van der Waals surface area contributed by atoms with Gasteiger partial charge >= 0.3 is 0 Å². The van der Waals surface area contributed by atoms with Gasteiger partial charge < -0.3 is 0 Å². The number of benzene rings is 2. The van der Waals surface area contributed by atoms with Gasteiger partial charge in [0, 0.05) is 13.4 Å². The molecule has 0 saturated carbocycles. The molecule has 0 fully saturated rings. The molecule has 0 aliphatic heterocycles. The SMILES string of the molecule is O=S(=O)(c1cccc(Br)c1)c1c(Br)ccc(Br)c1Br. The maximum absolute atomic E-state index is 12.7. The first kappa shape index (κ1) is 15.7. The van der Waals surface area contributed by atoms with Gasteiger partial charge in [-0.25, -0.2) is 8.42 Å². The first-order valence-corrected chi connectivity index (χ1v) is 9.63. The molecule has 7 heteroatoms. The van der Waals surface area contributed by atoms with Gasteiger partial charge in [0.2, 0.25) is 9.84 Å². The summed E-state index contributed by atoms with van der Waals surface area (Å²) < 4.78 is 27.8. The van der Waals surface area contributed by atoms with E-state index in [-0.39, 0.29) is 9.79 Å². The van der Waals surface area contributed by atoms with Crippen molar-refractivity contribution in [3.8, 4) is 0 Å². The Morgan fingerprint density at radius 3 is 2.11 bits per heavy atom. The molecule has 0 unspecified atom stereocenters. The Morgan fingerprint density at radius 2 is 1.47 bits per heavy atom. The highest BCUT2D eigenvalue weighted by atomic mass is 79.9. The summed E-state index contributed by atoms with van der Waals surface area (Å²) in [5, 5.41) is 0. The van der Waals surface area contributed by atoms with E-state index >= 15 is 0 Å². The van der Waals surface area contributed by atoms with Gasteiger partial charge in [-0.05, 0) is 78.1 Å². The molecule has 0 atom stereocenters. The summed E-state index contributed by atoms with van der Waals surface area (Å²) in [5.74, 6) is 0. The molecule has 0 heterocycles. The van der Waals surface area contributed by atoms with E-state index in [4.69, 9.17) is 0 Å². The van der Waals surface area contributed by atoms with E-state index in [1.807, 2.05) is 0 Å². The van der Waals surface area contributed by atoms with Crippen LogP contribution in [0.2, 0.25) is 0 Å². The van der Waals surface area contributed by atoms with Crippen LogP contribution in [0.15, 0.2) is 64.1 Å². The summed E-state index contributed by atoms with van der Waals surface area (Å²) in [6.07, 6.45) is 0. The van der Waals surface area contributed by atoms with E-state index in [0.29, 0.717) is 13.4 Å².